The Labute approximate surface area is 152 Å². The molecule has 0 atom stereocenters. The molecular formula is C20H17NO4S. The molecule has 0 amide bonds. The third-order valence-electron chi connectivity index (χ3n) is 3.71. The summed E-state index contributed by atoms with van der Waals surface area (Å²) < 4.78 is 34.5. The number of allylic oxidation sites excluding steroid dienone is 3. The summed E-state index contributed by atoms with van der Waals surface area (Å²) in [5.74, 6) is -0.142. The summed E-state index contributed by atoms with van der Waals surface area (Å²) in [7, 11) is -3.91. The zero-order chi connectivity index (χ0) is 18.6. The molecule has 0 spiro atoms. The van der Waals surface area contributed by atoms with E-state index < -0.39 is 10.0 Å². The van der Waals surface area contributed by atoms with E-state index in [-0.39, 0.29) is 28.8 Å². The van der Waals surface area contributed by atoms with Crippen molar-refractivity contribution in [3.8, 4) is 0 Å². The second kappa shape index (κ2) is 7.49. The quantitative estimate of drug-likeness (QED) is 0.760. The van der Waals surface area contributed by atoms with E-state index >= 15 is 0 Å². The second-order valence-electron chi connectivity index (χ2n) is 5.78. The fourth-order valence-corrected chi connectivity index (χ4v) is 3.31. The Morgan fingerprint density at radius 1 is 0.962 bits per heavy atom. The van der Waals surface area contributed by atoms with Gasteiger partial charge in [0.05, 0.1) is 4.90 Å². The minimum atomic E-state index is -3.91. The van der Waals surface area contributed by atoms with Crippen LogP contribution in [0.3, 0.4) is 0 Å². The molecule has 5 nitrogen and oxygen atoms in total. The Balaban J connectivity index is 1.87. The molecule has 0 heterocycles. The number of sulfonamides is 1. The number of carbonyl (C=O) groups is 1. The van der Waals surface area contributed by atoms with Crippen molar-refractivity contribution >= 4 is 21.5 Å². The lowest BCUT2D eigenvalue weighted by atomic mass is 10.1. The molecule has 0 bridgehead atoms. The molecule has 0 aliphatic heterocycles. The second-order valence-corrected chi connectivity index (χ2v) is 7.39. The summed E-state index contributed by atoms with van der Waals surface area (Å²) >= 11 is 0. The van der Waals surface area contributed by atoms with Gasteiger partial charge in [-0.1, -0.05) is 48.0 Å². The highest BCUT2D eigenvalue weighted by Gasteiger charge is 2.19. The fourth-order valence-electron chi connectivity index (χ4n) is 2.31. The van der Waals surface area contributed by atoms with Gasteiger partial charge in [-0.2, -0.15) is 12.8 Å². The first-order valence-electron chi connectivity index (χ1n) is 7.96. The molecule has 2 aromatic carbocycles. The lowest BCUT2D eigenvalue weighted by Crippen LogP contribution is -2.13. The molecule has 0 N–H and O–H groups in total. The fraction of sp³-hybridized carbons (Fsp3) is 0.100. The van der Waals surface area contributed by atoms with Gasteiger partial charge in [-0.25, -0.2) is 0 Å². The standard InChI is InChI=1S/C20H17NO4S/c1-15-7-10-18(11-8-15)26(23,24)21-19-12-9-17(22)13-20(19)25-14-16-5-3-2-4-6-16/h2-13H,14H2,1H3/b21-19+. The summed E-state index contributed by atoms with van der Waals surface area (Å²) in [6.07, 6.45) is 3.86. The SMILES string of the molecule is Cc1ccc(S(=O)(=O)/N=C2\C=CC(=O)C=C2OCc2ccccc2)cc1. The van der Waals surface area contributed by atoms with Crippen LogP contribution in [0.15, 0.2) is 87.9 Å². The van der Waals surface area contributed by atoms with Crippen molar-refractivity contribution in [1.82, 2.24) is 0 Å². The number of ether oxygens (including phenoxy) is 1. The van der Waals surface area contributed by atoms with Crippen LogP contribution in [0.2, 0.25) is 0 Å². The van der Waals surface area contributed by atoms with Crippen LogP contribution in [0, 0.1) is 6.92 Å². The van der Waals surface area contributed by atoms with Crippen LogP contribution < -0.4 is 0 Å². The lowest BCUT2D eigenvalue weighted by molar-refractivity contribution is -0.110. The van der Waals surface area contributed by atoms with Crippen molar-refractivity contribution in [2.24, 2.45) is 4.40 Å². The van der Waals surface area contributed by atoms with Crippen molar-refractivity contribution in [1.29, 1.82) is 0 Å². The molecule has 0 unspecified atom stereocenters. The van der Waals surface area contributed by atoms with E-state index in [1.165, 1.54) is 30.4 Å². The van der Waals surface area contributed by atoms with Crippen LogP contribution in [-0.4, -0.2) is 19.9 Å². The summed E-state index contributed by atoms with van der Waals surface area (Å²) in [6.45, 7) is 2.08. The minimum Gasteiger partial charge on any atom is -0.486 e. The first-order chi connectivity index (χ1) is 12.4. The van der Waals surface area contributed by atoms with E-state index in [4.69, 9.17) is 4.74 Å². The van der Waals surface area contributed by atoms with E-state index in [1.54, 1.807) is 12.1 Å². The van der Waals surface area contributed by atoms with Crippen molar-refractivity contribution in [2.75, 3.05) is 0 Å². The summed E-state index contributed by atoms with van der Waals surface area (Å²) in [6, 6.07) is 15.8. The first kappa shape index (κ1) is 17.8. The van der Waals surface area contributed by atoms with E-state index in [1.807, 2.05) is 37.3 Å². The smallest absolute Gasteiger partial charge is 0.282 e. The first-order valence-corrected chi connectivity index (χ1v) is 9.40. The molecular weight excluding hydrogens is 350 g/mol. The van der Waals surface area contributed by atoms with Gasteiger partial charge < -0.3 is 4.74 Å². The number of hydrogen-bond donors (Lipinski definition) is 0. The number of nitrogens with zero attached hydrogens (tertiary/aromatic N) is 1. The molecule has 1 aliphatic rings. The normalized spacial score (nSPS) is 15.8. The van der Waals surface area contributed by atoms with E-state index in [9.17, 15) is 13.2 Å². The van der Waals surface area contributed by atoms with Crippen molar-refractivity contribution in [3.05, 3.63) is 89.7 Å². The van der Waals surface area contributed by atoms with E-state index in [2.05, 4.69) is 4.40 Å². The largest absolute Gasteiger partial charge is 0.486 e. The van der Waals surface area contributed by atoms with Gasteiger partial charge in [-0.15, -0.1) is 0 Å². The van der Waals surface area contributed by atoms with Gasteiger partial charge in [0, 0.05) is 6.08 Å². The molecule has 6 heteroatoms. The number of hydrogen-bond acceptors (Lipinski definition) is 4. The predicted octanol–water partition coefficient (Wildman–Crippen LogP) is 3.36. The third-order valence-corrected chi connectivity index (χ3v) is 5.01. The van der Waals surface area contributed by atoms with Crippen LogP contribution in [0.5, 0.6) is 0 Å². The lowest BCUT2D eigenvalue weighted by Gasteiger charge is -2.13. The molecule has 0 aromatic heterocycles. The van der Waals surface area contributed by atoms with Gasteiger partial charge in [0.25, 0.3) is 10.0 Å². The molecule has 2 aromatic rings. The third kappa shape index (κ3) is 4.34. The predicted molar refractivity (Wildman–Crippen MR) is 99.3 cm³/mol. The molecule has 0 radical (unpaired) electrons. The summed E-state index contributed by atoms with van der Waals surface area (Å²) in [4.78, 5) is 11.7. The average molecular weight is 367 g/mol. The van der Waals surface area contributed by atoms with Gasteiger partial charge in [-0.05, 0) is 36.8 Å². The Kier molecular flexibility index (Phi) is 5.14. The molecule has 3 rings (SSSR count). The number of rotatable bonds is 5. The zero-order valence-electron chi connectivity index (χ0n) is 14.1. The number of aryl methyl sites for hydroxylation is 1. The van der Waals surface area contributed by atoms with Crippen molar-refractivity contribution in [2.45, 2.75) is 18.4 Å². The Hall–Kier alpha value is -2.99. The number of ketones is 1. The number of carbonyl (C=O) groups excluding carboxylic acids is 1. The zero-order valence-corrected chi connectivity index (χ0v) is 14.9. The van der Waals surface area contributed by atoms with Crippen LogP contribution in [0.1, 0.15) is 11.1 Å². The monoisotopic (exact) mass is 367 g/mol. The highest BCUT2D eigenvalue weighted by Crippen LogP contribution is 2.18. The maximum absolute atomic E-state index is 12.5. The Morgan fingerprint density at radius 3 is 2.35 bits per heavy atom. The molecule has 0 saturated carbocycles. The van der Waals surface area contributed by atoms with Gasteiger partial charge >= 0.3 is 0 Å². The van der Waals surface area contributed by atoms with Gasteiger partial charge in [0.2, 0.25) is 0 Å². The van der Waals surface area contributed by atoms with Crippen LogP contribution in [0.25, 0.3) is 0 Å². The summed E-state index contributed by atoms with van der Waals surface area (Å²) in [5, 5.41) is 0. The average Bonchev–Trinajstić information content (AvgIpc) is 2.63. The molecule has 132 valence electrons. The van der Waals surface area contributed by atoms with E-state index in [0.29, 0.717) is 0 Å². The topological polar surface area (TPSA) is 72.8 Å². The van der Waals surface area contributed by atoms with Gasteiger partial charge in [0.15, 0.2) is 5.78 Å². The van der Waals surface area contributed by atoms with Crippen LogP contribution in [0.4, 0.5) is 0 Å². The van der Waals surface area contributed by atoms with Crippen LogP contribution >= 0.6 is 0 Å². The molecule has 0 fully saturated rings. The molecule has 26 heavy (non-hydrogen) atoms. The van der Waals surface area contributed by atoms with Crippen LogP contribution in [-0.2, 0) is 26.2 Å². The highest BCUT2D eigenvalue weighted by molar-refractivity contribution is 7.90. The van der Waals surface area contributed by atoms with Crippen molar-refractivity contribution in [3.63, 3.8) is 0 Å². The highest BCUT2D eigenvalue weighted by atomic mass is 32.2. The maximum Gasteiger partial charge on any atom is 0.282 e. The Bertz CT molecular complexity index is 1000. The van der Waals surface area contributed by atoms with E-state index in [0.717, 1.165) is 11.1 Å². The number of benzene rings is 2. The molecule has 0 saturated heterocycles. The molecule has 1 aliphatic carbocycles. The maximum atomic E-state index is 12.5. The summed E-state index contributed by atoms with van der Waals surface area (Å²) in [5.41, 5.74) is 1.95. The van der Waals surface area contributed by atoms with Gasteiger partial charge in [0.1, 0.15) is 18.1 Å². The van der Waals surface area contributed by atoms with Crippen molar-refractivity contribution < 1.29 is 17.9 Å². The van der Waals surface area contributed by atoms with Gasteiger partial charge in [-0.3, -0.25) is 4.79 Å². The minimum absolute atomic E-state index is 0.0864. The Morgan fingerprint density at radius 2 is 1.65 bits per heavy atom.